The van der Waals surface area contributed by atoms with Crippen LogP contribution < -0.4 is 5.56 Å². The van der Waals surface area contributed by atoms with Gasteiger partial charge >= 0.3 is 0 Å². The molecule has 0 bridgehead atoms. The van der Waals surface area contributed by atoms with Crippen molar-refractivity contribution in [3.63, 3.8) is 0 Å². The zero-order valence-corrected chi connectivity index (χ0v) is 12.5. The summed E-state index contributed by atoms with van der Waals surface area (Å²) in [6.07, 6.45) is 2.59. The zero-order chi connectivity index (χ0) is 14.4. The topological polar surface area (TPSA) is 34.9 Å². The molecule has 1 aliphatic rings. The maximum atomic E-state index is 12.9. The average molecular weight is 294 g/mol. The molecule has 0 unspecified atom stereocenters. The fourth-order valence-electron chi connectivity index (χ4n) is 2.82. The number of nitrogens with zero attached hydrogens (tertiary/aromatic N) is 2. The lowest BCUT2D eigenvalue weighted by Gasteiger charge is -2.13. The first-order valence-corrected chi connectivity index (χ1v) is 7.97. The van der Waals surface area contributed by atoms with Crippen molar-refractivity contribution in [1.82, 2.24) is 9.55 Å². The van der Waals surface area contributed by atoms with Crippen LogP contribution in [0.25, 0.3) is 16.7 Å². The van der Waals surface area contributed by atoms with Crippen LogP contribution in [0.15, 0.2) is 52.3 Å². The molecule has 4 rings (SSSR count). The van der Waals surface area contributed by atoms with Crippen molar-refractivity contribution in [3.8, 4) is 5.69 Å². The molecule has 1 aliphatic heterocycles. The number of aromatic nitrogens is 2. The molecule has 2 aromatic heterocycles. The minimum Gasteiger partial charge on any atom is -0.269 e. The monoisotopic (exact) mass is 294 g/mol. The number of thioether (sulfide) groups is 1. The summed E-state index contributed by atoms with van der Waals surface area (Å²) in [5, 5.41) is 1.08. The van der Waals surface area contributed by atoms with E-state index in [0.29, 0.717) is 0 Å². The van der Waals surface area contributed by atoms with Crippen molar-refractivity contribution >= 4 is 22.8 Å². The number of benzene rings is 1. The van der Waals surface area contributed by atoms with Crippen molar-refractivity contribution in [3.05, 3.63) is 64.1 Å². The average Bonchev–Trinajstić information content (AvgIpc) is 2.99. The Labute approximate surface area is 126 Å². The molecule has 21 heavy (non-hydrogen) atoms. The maximum Gasteiger partial charge on any atom is 0.261 e. The molecule has 104 valence electrons. The van der Waals surface area contributed by atoms with Crippen LogP contribution in [0.2, 0.25) is 0 Å². The number of pyridine rings is 2. The van der Waals surface area contributed by atoms with Gasteiger partial charge in [0.2, 0.25) is 0 Å². The number of hydrogen-bond acceptors (Lipinski definition) is 3. The minimum atomic E-state index is 0.0741. The van der Waals surface area contributed by atoms with Crippen molar-refractivity contribution in [2.45, 2.75) is 18.2 Å². The molecule has 0 radical (unpaired) electrons. The lowest BCUT2D eigenvalue weighted by molar-refractivity contribution is 0.952. The summed E-state index contributed by atoms with van der Waals surface area (Å²) in [6.45, 7) is 2.04. The molecule has 0 fully saturated rings. The molecule has 0 saturated carbocycles. The number of fused-ring (bicyclic) bond motifs is 3. The highest BCUT2D eigenvalue weighted by Crippen LogP contribution is 2.35. The summed E-state index contributed by atoms with van der Waals surface area (Å²) in [6, 6.07) is 12.0. The molecular formula is C17H14N2OS. The van der Waals surface area contributed by atoms with Crippen LogP contribution >= 0.6 is 11.8 Å². The smallest absolute Gasteiger partial charge is 0.261 e. The van der Waals surface area contributed by atoms with Gasteiger partial charge in [-0.05, 0) is 37.6 Å². The third-order valence-corrected chi connectivity index (χ3v) is 5.03. The van der Waals surface area contributed by atoms with Crippen molar-refractivity contribution in [2.24, 2.45) is 0 Å². The Hall–Kier alpha value is -2.07. The molecule has 0 spiro atoms. The van der Waals surface area contributed by atoms with Crippen LogP contribution in [0.4, 0.5) is 0 Å². The second-order valence-electron chi connectivity index (χ2n) is 5.26. The molecule has 1 aromatic carbocycles. The first-order chi connectivity index (χ1) is 10.3. The van der Waals surface area contributed by atoms with Gasteiger partial charge < -0.3 is 0 Å². The Morgan fingerprint density at radius 3 is 2.81 bits per heavy atom. The van der Waals surface area contributed by atoms with E-state index in [0.717, 1.165) is 39.4 Å². The van der Waals surface area contributed by atoms with Gasteiger partial charge in [0, 0.05) is 27.8 Å². The first kappa shape index (κ1) is 12.7. The minimum absolute atomic E-state index is 0.0741. The Morgan fingerprint density at radius 2 is 2.00 bits per heavy atom. The highest BCUT2D eigenvalue weighted by atomic mass is 32.2. The van der Waals surface area contributed by atoms with Gasteiger partial charge in [-0.1, -0.05) is 17.7 Å². The van der Waals surface area contributed by atoms with Crippen LogP contribution in [-0.4, -0.2) is 15.3 Å². The van der Waals surface area contributed by atoms with Gasteiger partial charge in [-0.3, -0.25) is 9.36 Å². The SMILES string of the molecule is Cc1ccc(-n2c(=O)c3c(c4cccnc42)SCC3)cc1. The summed E-state index contributed by atoms with van der Waals surface area (Å²) < 4.78 is 1.75. The standard InChI is InChI=1S/C17H14N2OS/c1-11-4-6-12(7-5-11)19-16-13(3-2-9-18-16)15-14(17(19)20)8-10-21-15/h2-7,9H,8,10H2,1H3. The quantitative estimate of drug-likeness (QED) is 0.690. The van der Waals surface area contributed by atoms with Crippen LogP contribution in [-0.2, 0) is 6.42 Å². The summed E-state index contributed by atoms with van der Waals surface area (Å²) in [7, 11) is 0. The molecule has 0 amide bonds. The number of hydrogen-bond donors (Lipinski definition) is 0. The molecule has 4 heteroatoms. The normalized spacial score (nSPS) is 13.6. The van der Waals surface area contributed by atoms with Gasteiger partial charge in [0.05, 0.1) is 5.69 Å². The van der Waals surface area contributed by atoms with E-state index in [9.17, 15) is 4.79 Å². The Bertz CT molecular complexity index is 897. The van der Waals surface area contributed by atoms with Crippen LogP contribution in [0.1, 0.15) is 11.1 Å². The third-order valence-electron chi connectivity index (χ3n) is 3.87. The summed E-state index contributed by atoms with van der Waals surface area (Å²) in [4.78, 5) is 18.5. The molecule has 0 saturated heterocycles. The van der Waals surface area contributed by atoms with E-state index in [1.165, 1.54) is 5.56 Å². The van der Waals surface area contributed by atoms with Crippen molar-refractivity contribution in [1.29, 1.82) is 0 Å². The van der Waals surface area contributed by atoms with Crippen LogP contribution in [0.3, 0.4) is 0 Å². The maximum absolute atomic E-state index is 12.9. The van der Waals surface area contributed by atoms with E-state index in [4.69, 9.17) is 0 Å². The second kappa shape index (κ2) is 4.74. The fraction of sp³-hybridized carbons (Fsp3) is 0.176. The fourth-order valence-corrected chi connectivity index (χ4v) is 4.01. The van der Waals surface area contributed by atoms with Crippen molar-refractivity contribution in [2.75, 3.05) is 5.75 Å². The van der Waals surface area contributed by atoms with Gasteiger partial charge in [-0.15, -0.1) is 11.8 Å². The Kier molecular flexibility index (Phi) is 2.86. The van der Waals surface area contributed by atoms with Crippen molar-refractivity contribution < 1.29 is 0 Å². The lowest BCUT2D eigenvalue weighted by Crippen LogP contribution is -2.23. The van der Waals surface area contributed by atoms with Crippen LogP contribution in [0, 0.1) is 6.92 Å². The van der Waals surface area contributed by atoms with E-state index < -0.39 is 0 Å². The lowest BCUT2D eigenvalue weighted by atomic mass is 10.1. The highest BCUT2D eigenvalue weighted by molar-refractivity contribution is 7.99. The highest BCUT2D eigenvalue weighted by Gasteiger charge is 2.22. The van der Waals surface area contributed by atoms with Gasteiger partial charge in [0.1, 0.15) is 5.65 Å². The molecule has 3 heterocycles. The Balaban J connectivity index is 2.14. The molecule has 0 aliphatic carbocycles. The van der Waals surface area contributed by atoms with Gasteiger partial charge in [-0.25, -0.2) is 4.98 Å². The van der Waals surface area contributed by atoms with E-state index in [1.54, 1.807) is 22.5 Å². The van der Waals surface area contributed by atoms with Gasteiger partial charge in [0.25, 0.3) is 5.56 Å². The van der Waals surface area contributed by atoms with E-state index in [1.807, 2.05) is 37.3 Å². The van der Waals surface area contributed by atoms with Crippen LogP contribution in [0.5, 0.6) is 0 Å². The summed E-state index contributed by atoms with van der Waals surface area (Å²) in [5.41, 5.74) is 3.82. The third kappa shape index (κ3) is 1.90. The molecule has 0 atom stereocenters. The zero-order valence-electron chi connectivity index (χ0n) is 11.7. The summed E-state index contributed by atoms with van der Waals surface area (Å²) in [5.74, 6) is 0.979. The predicted molar refractivity (Wildman–Crippen MR) is 86.5 cm³/mol. The van der Waals surface area contributed by atoms with Gasteiger partial charge in [0.15, 0.2) is 0 Å². The second-order valence-corrected chi connectivity index (χ2v) is 6.36. The Morgan fingerprint density at radius 1 is 1.19 bits per heavy atom. The molecule has 3 aromatic rings. The summed E-state index contributed by atoms with van der Waals surface area (Å²) >= 11 is 1.76. The molecular weight excluding hydrogens is 280 g/mol. The van der Waals surface area contributed by atoms with E-state index >= 15 is 0 Å². The van der Waals surface area contributed by atoms with E-state index in [-0.39, 0.29) is 5.56 Å². The van der Waals surface area contributed by atoms with Gasteiger partial charge in [-0.2, -0.15) is 0 Å². The van der Waals surface area contributed by atoms with E-state index in [2.05, 4.69) is 11.1 Å². The number of aryl methyl sites for hydroxylation is 1. The number of rotatable bonds is 1. The first-order valence-electron chi connectivity index (χ1n) is 6.98. The molecule has 0 N–H and O–H groups in total. The molecule has 3 nitrogen and oxygen atoms in total. The predicted octanol–water partition coefficient (Wildman–Crippen LogP) is 3.34. The largest absolute Gasteiger partial charge is 0.269 e.